The van der Waals surface area contributed by atoms with Crippen molar-refractivity contribution in [2.45, 2.75) is 0 Å². The largest absolute Gasteiger partial charge is 0.456 e. The molecule has 0 radical (unpaired) electrons. The number of H-pyrrole nitrogens is 1. The molecule has 0 bridgehead atoms. The van der Waals surface area contributed by atoms with Crippen molar-refractivity contribution in [3.8, 4) is 33.8 Å². The molecule has 0 spiro atoms. The number of hydrogen-bond donors (Lipinski definition) is 1. The van der Waals surface area contributed by atoms with E-state index in [1.807, 2.05) is 48.8 Å². The van der Waals surface area contributed by atoms with E-state index in [2.05, 4.69) is 17.1 Å². The van der Waals surface area contributed by atoms with Crippen molar-refractivity contribution >= 4 is 0 Å². The van der Waals surface area contributed by atoms with Crippen LogP contribution in [0.5, 0.6) is 11.5 Å². The summed E-state index contributed by atoms with van der Waals surface area (Å²) in [4.78, 5) is 3.19. The van der Waals surface area contributed by atoms with Crippen LogP contribution in [-0.2, 0) is 0 Å². The fourth-order valence-corrected chi connectivity index (χ4v) is 2.48. The highest BCUT2D eigenvalue weighted by Crippen LogP contribution is 2.45. The molecule has 0 unspecified atom stereocenters. The van der Waals surface area contributed by atoms with E-state index in [-0.39, 0.29) is 0 Å². The van der Waals surface area contributed by atoms with Gasteiger partial charge in [-0.25, -0.2) is 0 Å². The first kappa shape index (κ1) is 9.54. The molecule has 2 heterocycles. The zero-order chi connectivity index (χ0) is 11.9. The van der Waals surface area contributed by atoms with E-state index in [0.29, 0.717) is 0 Å². The molecule has 18 heavy (non-hydrogen) atoms. The first-order valence-electron chi connectivity index (χ1n) is 5.97. The second-order valence-corrected chi connectivity index (χ2v) is 4.38. The van der Waals surface area contributed by atoms with Crippen molar-refractivity contribution in [2.24, 2.45) is 0 Å². The van der Waals surface area contributed by atoms with Crippen molar-refractivity contribution in [1.82, 2.24) is 4.98 Å². The lowest BCUT2D eigenvalue weighted by molar-refractivity contribution is 0.487. The summed E-state index contributed by atoms with van der Waals surface area (Å²) in [5.74, 6) is 1.81. The Morgan fingerprint density at radius 1 is 0.611 bits per heavy atom. The number of fused-ring (bicyclic) bond motifs is 5. The highest BCUT2D eigenvalue weighted by atomic mass is 16.5. The van der Waals surface area contributed by atoms with Gasteiger partial charge in [-0.05, 0) is 12.1 Å². The molecule has 1 N–H and O–H groups in total. The quantitative estimate of drug-likeness (QED) is 0.476. The Morgan fingerprint density at radius 2 is 1.11 bits per heavy atom. The fraction of sp³-hybridized carbons (Fsp3) is 0. The molecule has 2 nitrogen and oxygen atoms in total. The molecule has 0 saturated heterocycles. The van der Waals surface area contributed by atoms with E-state index in [1.54, 1.807) is 0 Å². The Bertz CT molecular complexity index is 667. The van der Waals surface area contributed by atoms with Crippen LogP contribution in [-0.4, -0.2) is 4.98 Å². The molecule has 0 aliphatic carbocycles. The van der Waals surface area contributed by atoms with Crippen molar-refractivity contribution < 1.29 is 4.74 Å². The topological polar surface area (TPSA) is 25.0 Å². The monoisotopic (exact) mass is 233 g/mol. The van der Waals surface area contributed by atoms with Crippen molar-refractivity contribution in [2.75, 3.05) is 0 Å². The van der Waals surface area contributed by atoms with Gasteiger partial charge in [-0.3, -0.25) is 0 Å². The molecule has 2 aromatic carbocycles. The minimum Gasteiger partial charge on any atom is -0.456 e. The third-order valence-corrected chi connectivity index (χ3v) is 3.32. The van der Waals surface area contributed by atoms with Crippen molar-refractivity contribution in [1.29, 1.82) is 0 Å². The number of hydrogen-bond acceptors (Lipinski definition) is 1. The van der Waals surface area contributed by atoms with Crippen LogP contribution in [0.25, 0.3) is 22.3 Å². The van der Waals surface area contributed by atoms with Crippen LogP contribution >= 0.6 is 0 Å². The lowest BCUT2D eigenvalue weighted by Gasteiger charge is -2.08. The fourth-order valence-electron chi connectivity index (χ4n) is 2.48. The Morgan fingerprint density at radius 3 is 1.67 bits per heavy atom. The summed E-state index contributed by atoms with van der Waals surface area (Å²) >= 11 is 0. The average Bonchev–Trinajstić information content (AvgIpc) is 2.84. The zero-order valence-corrected chi connectivity index (χ0v) is 9.68. The van der Waals surface area contributed by atoms with Gasteiger partial charge in [0.1, 0.15) is 11.5 Å². The van der Waals surface area contributed by atoms with Gasteiger partial charge in [-0.1, -0.05) is 36.4 Å². The van der Waals surface area contributed by atoms with Crippen molar-refractivity contribution in [3.05, 3.63) is 60.9 Å². The van der Waals surface area contributed by atoms with E-state index in [0.717, 1.165) is 22.6 Å². The summed E-state index contributed by atoms with van der Waals surface area (Å²) < 4.78 is 6.03. The van der Waals surface area contributed by atoms with Gasteiger partial charge in [0.2, 0.25) is 0 Å². The SMILES string of the molecule is c1ccc2c(c1)Oc1ccccc1-c1c[nH]cc1-2. The van der Waals surface area contributed by atoms with Gasteiger partial charge < -0.3 is 9.72 Å². The number of aromatic nitrogens is 1. The summed E-state index contributed by atoms with van der Waals surface area (Å²) in [5, 5.41) is 0. The van der Waals surface area contributed by atoms with E-state index in [4.69, 9.17) is 4.74 Å². The summed E-state index contributed by atoms with van der Waals surface area (Å²) in [5.41, 5.74) is 4.64. The van der Waals surface area contributed by atoms with Crippen LogP contribution in [0, 0.1) is 0 Å². The number of benzene rings is 2. The smallest absolute Gasteiger partial charge is 0.135 e. The Kier molecular flexibility index (Phi) is 1.86. The van der Waals surface area contributed by atoms with Crippen LogP contribution < -0.4 is 4.74 Å². The maximum atomic E-state index is 6.03. The number of ether oxygens (including phenoxy) is 1. The number of aromatic amines is 1. The molecule has 0 atom stereocenters. The van der Waals surface area contributed by atoms with Gasteiger partial charge in [-0.15, -0.1) is 0 Å². The highest BCUT2D eigenvalue weighted by molar-refractivity contribution is 5.90. The second-order valence-electron chi connectivity index (χ2n) is 4.38. The molecule has 0 saturated carbocycles. The Hall–Kier alpha value is -2.48. The van der Waals surface area contributed by atoms with Gasteiger partial charge in [0.05, 0.1) is 0 Å². The minimum atomic E-state index is 0.906. The van der Waals surface area contributed by atoms with Crippen LogP contribution in [0.2, 0.25) is 0 Å². The number of nitrogens with one attached hydrogen (secondary N) is 1. The predicted octanol–water partition coefficient (Wildman–Crippen LogP) is 4.45. The summed E-state index contributed by atoms with van der Waals surface area (Å²) in [6.45, 7) is 0. The third kappa shape index (κ3) is 1.23. The summed E-state index contributed by atoms with van der Waals surface area (Å²) in [7, 11) is 0. The lowest BCUT2D eigenvalue weighted by Crippen LogP contribution is -1.85. The molecule has 86 valence electrons. The number of para-hydroxylation sites is 2. The van der Waals surface area contributed by atoms with E-state index in [9.17, 15) is 0 Å². The van der Waals surface area contributed by atoms with E-state index in [1.165, 1.54) is 11.1 Å². The van der Waals surface area contributed by atoms with Gasteiger partial charge in [0, 0.05) is 34.6 Å². The molecule has 1 aromatic heterocycles. The van der Waals surface area contributed by atoms with Gasteiger partial charge in [0.25, 0.3) is 0 Å². The van der Waals surface area contributed by atoms with Crippen LogP contribution in [0.4, 0.5) is 0 Å². The second kappa shape index (κ2) is 3.50. The Labute approximate surface area is 105 Å². The minimum absolute atomic E-state index is 0.906. The highest BCUT2D eigenvalue weighted by Gasteiger charge is 2.20. The van der Waals surface area contributed by atoms with Gasteiger partial charge in [0.15, 0.2) is 0 Å². The van der Waals surface area contributed by atoms with Crippen LogP contribution in [0.15, 0.2) is 60.9 Å². The molecule has 0 fully saturated rings. The maximum Gasteiger partial charge on any atom is 0.135 e. The normalized spacial score (nSPS) is 11.8. The van der Waals surface area contributed by atoms with E-state index < -0.39 is 0 Å². The molecule has 0 amide bonds. The molecule has 1 aliphatic rings. The molecule has 2 heteroatoms. The molecular weight excluding hydrogens is 222 g/mol. The third-order valence-electron chi connectivity index (χ3n) is 3.32. The molecule has 4 rings (SSSR count). The summed E-state index contributed by atoms with van der Waals surface area (Å²) in [6, 6.07) is 16.3. The first-order chi connectivity index (χ1) is 8.93. The standard InChI is InChI=1S/C16H11NO/c1-3-7-15-11(5-1)13-9-17-10-14(13)12-6-2-4-8-16(12)18-15/h1-10,17H. The van der Waals surface area contributed by atoms with Crippen LogP contribution in [0.1, 0.15) is 0 Å². The molecular formula is C16H11NO. The predicted molar refractivity (Wildman–Crippen MR) is 71.7 cm³/mol. The van der Waals surface area contributed by atoms with E-state index >= 15 is 0 Å². The van der Waals surface area contributed by atoms with Crippen molar-refractivity contribution in [3.63, 3.8) is 0 Å². The number of rotatable bonds is 0. The summed E-state index contributed by atoms with van der Waals surface area (Å²) in [6.07, 6.45) is 4.05. The average molecular weight is 233 g/mol. The van der Waals surface area contributed by atoms with Gasteiger partial charge >= 0.3 is 0 Å². The molecule has 1 aliphatic heterocycles. The lowest BCUT2D eigenvalue weighted by atomic mass is 9.99. The zero-order valence-electron chi connectivity index (χ0n) is 9.68. The van der Waals surface area contributed by atoms with Gasteiger partial charge in [-0.2, -0.15) is 0 Å². The maximum absolute atomic E-state index is 6.03. The first-order valence-corrected chi connectivity index (χ1v) is 5.97. The molecule has 3 aromatic rings. The van der Waals surface area contributed by atoms with Crippen LogP contribution in [0.3, 0.4) is 0 Å². The Balaban J connectivity index is 2.12.